The molecular formula is C23H31N3O4. The first-order chi connectivity index (χ1) is 14.4. The number of carbonyl (C=O) groups is 2. The van der Waals surface area contributed by atoms with Crippen LogP contribution in [0.2, 0.25) is 0 Å². The van der Waals surface area contributed by atoms with E-state index in [9.17, 15) is 9.59 Å². The molecule has 1 aromatic heterocycles. The topological polar surface area (TPSA) is 75.9 Å². The standard InChI is InChI=1S/C23H31N3O4/c1-17(2)16-29-23(28)26-12-4-11-25(13-14-26)22(27)10-9-21-24-15-20(30-21)19-7-5-18(3)6-8-19/h5-8,15,17H,4,9-14,16H2,1-3H3. The quantitative estimate of drug-likeness (QED) is 0.718. The number of amides is 2. The van der Waals surface area contributed by atoms with E-state index < -0.39 is 0 Å². The number of rotatable bonds is 6. The summed E-state index contributed by atoms with van der Waals surface area (Å²) in [5.74, 6) is 1.64. The monoisotopic (exact) mass is 413 g/mol. The lowest BCUT2D eigenvalue weighted by atomic mass is 10.1. The van der Waals surface area contributed by atoms with Gasteiger partial charge in [-0.05, 0) is 19.3 Å². The van der Waals surface area contributed by atoms with E-state index >= 15 is 0 Å². The summed E-state index contributed by atoms with van der Waals surface area (Å²) in [6.45, 7) is 8.75. The van der Waals surface area contributed by atoms with Crippen LogP contribution in [0.5, 0.6) is 0 Å². The predicted octanol–water partition coefficient (Wildman–Crippen LogP) is 3.91. The predicted molar refractivity (Wildman–Crippen MR) is 114 cm³/mol. The summed E-state index contributed by atoms with van der Waals surface area (Å²) < 4.78 is 11.1. The second-order valence-electron chi connectivity index (χ2n) is 8.18. The lowest BCUT2D eigenvalue weighted by Crippen LogP contribution is -2.38. The van der Waals surface area contributed by atoms with Crippen molar-refractivity contribution in [2.24, 2.45) is 5.92 Å². The number of aromatic nitrogens is 1. The van der Waals surface area contributed by atoms with Crippen molar-refractivity contribution in [1.82, 2.24) is 14.8 Å². The maximum Gasteiger partial charge on any atom is 0.409 e. The molecule has 0 radical (unpaired) electrons. The minimum Gasteiger partial charge on any atom is -0.449 e. The Hall–Kier alpha value is -2.83. The summed E-state index contributed by atoms with van der Waals surface area (Å²) in [5, 5.41) is 0. The van der Waals surface area contributed by atoms with Crippen LogP contribution < -0.4 is 0 Å². The Balaban J connectivity index is 1.47. The molecule has 2 aromatic rings. The number of hydrogen-bond donors (Lipinski definition) is 0. The molecular weight excluding hydrogens is 382 g/mol. The highest BCUT2D eigenvalue weighted by atomic mass is 16.6. The van der Waals surface area contributed by atoms with Crippen LogP contribution >= 0.6 is 0 Å². The van der Waals surface area contributed by atoms with Gasteiger partial charge in [-0.3, -0.25) is 4.79 Å². The average molecular weight is 414 g/mol. The van der Waals surface area contributed by atoms with Crippen LogP contribution in [0.4, 0.5) is 4.79 Å². The van der Waals surface area contributed by atoms with Crippen molar-refractivity contribution < 1.29 is 18.7 Å². The summed E-state index contributed by atoms with van der Waals surface area (Å²) >= 11 is 0. The number of carbonyl (C=O) groups excluding carboxylic acids is 2. The number of benzene rings is 1. The maximum absolute atomic E-state index is 12.7. The zero-order valence-corrected chi connectivity index (χ0v) is 18.1. The zero-order chi connectivity index (χ0) is 21.5. The molecule has 3 rings (SSSR count). The first-order valence-corrected chi connectivity index (χ1v) is 10.6. The van der Waals surface area contributed by atoms with Crippen molar-refractivity contribution in [2.75, 3.05) is 32.8 Å². The van der Waals surface area contributed by atoms with E-state index in [4.69, 9.17) is 9.15 Å². The fourth-order valence-electron chi connectivity index (χ4n) is 3.33. The van der Waals surface area contributed by atoms with Gasteiger partial charge in [-0.1, -0.05) is 43.7 Å². The van der Waals surface area contributed by atoms with Gasteiger partial charge in [-0.25, -0.2) is 9.78 Å². The Morgan fingerprint density at radius 2 is 1.80 bits per heavy atom. The van der Waals surface area contributed by atoms with E-state index in [2.05, 4.69) is 4.98 Å². The van der Waals surface area contributed by atoms with Gasteiger partial charge in [0.2, 0.25) is 5.91 Å². The summed E-state index contributed by atoms with van der Waals surface area (Å²) in [5.41, 5.74) is 2.16. The van der Waals surface area contributed by atoms with Crippen LogP contribution in [0.3, 0.4) is 0 Å². The Morgan fingerprint density at radius 1 is 1.10 bits per heavy atom. The minimum atomic E-state index is -0.290. The van der Waals surface area contributed by atoms with Crippen molar-refractivity contribution >= 4 is 12.0 Å². The first kappa shape index (κ1) is 21.9. The molecule has 0 atom stereocenters. The smallest absolute Gasteiger partial charge is 0.409 e. The normalized spacial score (nSPS) is 14.7. The second-order valence-corrected chi connectivity index (χ2v) is 8.18. The molecule has 0 saturated carbocycles. The second kappa shape index (κ2) is 10.3. The lowest BCUT2D eigenvalue weighted by Gasteiger charge is -2.22. The Morgan fingerprint density at radius 3 is 2.53 bits per heavy atom. The van der Waals surface area contributed by atoms with Gasteiger partial charge in [0.15, 0.2) is 11.7 Å². The number of nitrogens with zero attached hydrogens (tertiary/aromatic N) is 3. The van der Waals surface area contributed by atoms with Gasteiger partial charge in [0.25, 0.3) is 0 Å². The van der Waals surface area contributed by atoms with Crippen molar-refractivity contribution in [2.45, 2.75) is 40.0 Å². The van der Waals surface area contributed by atoms with Gasteiger partial charge in [0.05, 0.1) is 12.8 Å². The number of aryl methyl sites for hydroxylation is 2. The SMILES string of the molecule is Cc1ccc(-c2cnc(CCC(=O)N3CCCN(C(=O)OCC(C)C)CC3)o2)cc1. The highest BCUT2D eigenvalue weighted by molar-refractivity contribution is 5.76. The third-order valence-corrected chi connectivity index (χ3v) is 5.09. The van der Waals surface area contributed by atoms with E-state index in [1.54, 1.807) is 11.1 Å². The van der Waals surface area contributed by atoms with E-state index in [-0.39, 0.29) is 12.0 Å². The molecule has 7 nitrogen and oxygen atoms in total. The van der Waals surface area contributed by atoms with Crippen molar-refractivity contribution in [1.29, 1.82) is 0 Å². The van der Waals surface area contributed by atoms with E-state index in [0.29, 0.717) is 63.2 Å². The molecule has 162 valence electrons. The van der Waals surface area contributed by atoms with Gasteiger partial charge < -0.3 is 19.0 Å². The molecule has 0 aliphatic carbocycles. The molecule has 0 bridgehead atoms. The van der Waals surface area contributed by atoms with E-state index in [1.807, 2.05) is 49.9 Å². The highest BCUT2D eigenvalue weighted by Gasteiger charge is 2.23. The highest BCUT2D eigenvalue weighted by Crippen LogP contribution is 2.21. The summed E-state index contributed by atoms with van der Waals surface area (Å²) in [7, 11) is 0. The molecule has 7 heteroatoms. The molecule has 1 aliphatic rings. The van der Waals surface area contributed by atoms with Crippen LogP contribution in [0.1, 0.15) is 38.1 Å². The minimum absolute atomic E-state index is 0.0579. The van der Waals surface area contributed by atoms with Crippen LogP contribution in [0.15, 0.2) is 34.9 Å². The molecule has 0 spiro atoms. The van der Waals surface area contributed by atoms with Crippen LogP contribution in [0.25, 0.3) is 11.3 Å². The largest absolute Gasteiger partial charge is 0.449 e. The van der Waals surface area contributed by atoms with Gasteiger partial charge in [-0.15, -0.1) is 0 Å². The Bertz CT molecular complexity index is 844. The molecule has 0 N–H and O–H groups in total. The molecule has 2 amide bonds. The van der Waals surface area contributed by atoms with E-state index in [1.165, 1.54) is 5.56 Å². The summed E-state index contributed by atoms with van der Waals surface area (Å²) in [6.07, 6.45) is 2.96. The van der Waals surface area contributed by atoms with Gasteiger partial charge in [0, 0.05) is 44.6 Å². The molecule has 30 heavy (non-hydrogen) atoms. The van der Waals surface area contributed by atoms with Crippen LogP contribution in [0, 0.1) is 12.8 Å². The Labute approximate surface area is 178 Å². The molecule has 1 saturated heterocycles. The number of ether oxygens (including phenoxy) is 1. The fraction of sp³-hybridized carbons (Fsp3) is 0.522. The van der Waals surface area contributed by atoms with Gasteiger partial charge in [0.1, 0.15) is 0 Å². The van der Waals surface area contributed by atoms with Crippen molar-refractivity contribution in [3.8, 4) is 11.3 Å². The maximum atomic E-state index is 12.7. The fourth-order valence-corrected chi connectivity index (χ4v) is 3.33. The number of oxazole rings is 1. The number of hydrogen-bond acceptors (Lipinski definition) is 5. The van der Waals surface area contributed by atoms with Gasteiger partial charge >= 0.3 is 6.09 Å². The van der Waals surface area contributed by atoms with Crippen molar-refractivity contribution in [3.05, 3.63) is 41.9 Å². The van der Waals surface area contributed by atoms with Gasteiger partial charge in [-0.2, -0.15) is 0 Å². The molecule has 1 aliphatic heterocycles. The Kier molecular flexibility index (Phi) is 7.49. The van der Waals surface area contributed by atoms with E-state index in [0.717, 1.165) is 12.0 Å². The first-order valence-electron chi connectivity index (χ1n) is 10.6. The summed E-state index contributed by atoms with van der Waals surface area (Å²) in [4.78, 5) is 32.6. The third kappa shape index (κ3) is 6.08. The zero-order valence-electron chi connectivity index (χ0n) is 18.1. The van der Waals surface area contributed by atoms with Crippen molar-refractivity contribution in [3.63, 3.8) is 0 Å². The molecule has 0 unspecified atom stereocenters. The lowest BCUT2D eigenvalue weighted by molar-refractivity contribution is -0.131. The van der Waals surface area contributed by atoms with Crippen LogP contribution in [-0.2, 0) is 16.0 Å². The van der Waals surface area contributed by atoms with Crippen LogP contribution in [-0.4, -0.2) is 59.6 Å². The molecule has 2 heterocycles. The molecule has 1 aromatic carbocycles. The summed E-state index contributed by atoms with van der Waals surface area (Å²) in [6, 6.07) is 8.06. The molecule has 1 fully saturated rings. The third-order valence-electron chi connectivity index (χ3n) is 5.09. The average Bonchev–Trinajstić information content (AvgIpc) is 3.06.